The molecule has 3 heteroatoms. The van der Waals surface area contributed by atoms with Crippen molar-refractivity contribution in [3.05, 3.63) is 88.0 Å². The Morgan fingerprint density at radius 1 is 0.667 bits per heavy atom. The topological polar surface area (TPSA) is 25.3 Å². The van der Waals surface area contributed by atoms with Gasteiger partial charge in [-0.15, -0.1) is 0 Å². The SMILES string of the molecule is CCCCCCc1cccc(C2=CC(CCCC)=C(c3cccc(CCCC)c3)[N+]2=[N-])c1.[Ni]. The van der Waals surface area contributed by atoms with E-state index in [9.17, 15) is 5.53 Å². The van der Waals surface area contributed by atoms with Crippen LogP contribution in [0.4, 0.5) is 0 Å². The molecule has 0 aliphatic carbocycles. The van der Waals surface area contributed by atoms with Crippen LogP contribution < -0.4 is 0 Å². The molecule has 0 radical (unpaired) electrons. The van der Waals surface area contributed by atoms with Crippen LogP contribution in [0.1, 0.15) is 101 Å². The van der Waals surface area contributed by atoms with E-state index < -0.39 is 0 Å². The molecule has 0 bridgehead atoms. The van der Waals surface area contributed by atoms with E-state index in [4.69, 9.17) is 0 Å². The molecule has 0 N–H and O–H groups in total. The molecule has 0 unspecified atom stereocenters. The van der Waals surface area contributed by atoms with Crippen LogP contribution in [0.15, 0.2) is 60.2 Å². The molecule has 3 rings (SSSR count). The number of unbranched alkanes of at least 4 members (excludes halogenated alkanes) is 5. The summed E-state index contributed by atoms with van der Waals surface area (Å²) in [6.07, 6.45) is 15.2. The second-order valence-corrected chi connectivity index (χ2v) is 9.13. The van der Waals surface area contributed by atoms with Gasteiger partial charge in [-0.1, -0.05) is 77.1 Å². The first kappa shape index (κ1) is 27.3. The number of aryl methyl sites for hydroxylation is 2. The Bertz CT molecular complexity index is 971. The van der Waals surface area contributed by atoms with E-state index in [-0.39, 0.29) is 16.5 Å². The number of hydrogen-bond donors (Lipinski definition) is 0. The summed E-state index contributed by atoms with van der Waals surface area (Å²) < 4.78 is 1.44. The molecule has 1 aliphatic rings. The molecule has 1 heterocycles. The second-order valence-electron chi connectivity index (χ2n) is 9.13. The summed E-state index contributed by atoms with van der Waals surface area (Å²) in [5.74, 6) is 0. The predicted molar refractivity (Wildman–Crippen MR) is 137 cm³/mol. The normalized spacial score (nSPS) is 13.3. The quantitative estimate of drug-likeness (QED) is 0.153. The zero-order valence-corrected chi connectivity index (χ0v) is 21.7. The van der Waals surface area contributed by atoms with Gasteiger partial charge in [-0.05, 0) is 73.9 Å². The fourth-order valence-corrected chi connectivity index (χ4v) is 4.52. The molecule has 0 saturated carbocycles. The molecule has 0 atom stereocenters. The summed E-state index contributed by atoms with van der Waals surface area (Å²) in [6.45, 7) is 6.71. The van der Waals surface area contributed by atoms with E-state index in [1.807, 2.05) is 0 Å². The predicted octanol–water partition coefficient (Wildman–Crippen LogP) is 9.14. The molecule has 33 heavy (non-hydrogen) atoms. The van der Waals surface area contributed by atoms with Crippen LogP contribution >= 0.6 is 0 Å². The Morgan fingerprint density at radius 2 is 1.24 bits per heavy atom. The van der Waals surface area contributed by atoms with Crippen LogP contribution in [-0.2, 0) is 29.3 Å². The van der Waals surface area contributed by atoms with Crippen molar-refractivity contribution in [2.24, 2.45) is 0 Å². The van der Waals surface area contributed by atoms with Gasteiger partial charge < -0.3 is 5.53 Å². The average Bonchev–Trinajstić information content (AvgIpc) is 3.15. The van der Waals surface area contributed by atoms with E-state index in [0.29, 0.717) is 0 Å². The van der Waals surface area contributed by atoms with Crippen molar-refractivity contribution >= 4 is 11.4 Å². The first-order valence-electron chi connectivity index (χ1n) is 12.8. The molecular formula is C30H40N2Ni. The molecule has 0 spiro atoms. The number of allylic oxidation sites excluding steroid dienone is 2. The molecule has 1 aliphatic heterocycles. The van der Waals surface area contributed by atoms with Gasteiger partial charge in [0.05, 0.1) is 0 Å². The number of nitrogens with zero attached hydrogens (tertiary/aromatic N) is 2. The zero-order valence-electron chi connectivity index (χ0n) is 20.7. The van der Waals surface area contributed by atoms with Crippen LogP contribution in [0.2, 0.25) is 0 Å². The molecule has 0 amide bonds. The summed E-state index contributed by atoms with van der Waals surface area (Å²) in [7, 11) is 0. The maximum atomic E-state index is 11.3. The van der Waals surface area contributed by atoms with Crippen LogP contribution in [0.3, 0.4) is 0 Å². The number of benzene rings is 2. The number of rotatable bonds is 13. The summed E-state index contributed by atoms with van der Waals surface area (Å²) in [5.41, 5.74) is 19.4. The van der Waals surface area contributed by atoms with Gasteiger partial charge >= 0.3 is 0 Å². The monoisotopic (exact) mass is 486 g/mol. The summed E-state index contributed by atoms with van der Waals surface area (Å²) in [6, 6.07) is 17.5. The molecule has 0 saturated heterocycles. The van der Waals surface area contributed by atoms with E-state index >= 15 is 0 Å². The van der Waals surface area contributed by atoms with Crippen molar-refractivity contribution in [3.8, 4) is 0 Å². The largest absolute Gasteiger partial charge is 0.493 e. The van der Waals surface area contributed by atoms with Crippen molar-refractivity contribution < 1.29 is 21.2 Å². The summed E-state index contributed by atoms with van der Waals surface area (Å²) >= 11 is 0. The first-order chi connectivity index (χ1) is 15.7. The van der Waals surface area contributed by atoms with E-state index in [1.54, 1.807) is 0 Å². The Kier molecular flexibility index (Phi) is 11.8. The minimum Gasteiger partial charge on any atom is -0.493 e. The van der Waals surface area contributed by atoms with Gasteiger partial charge in [-0.25, -0.2) is 4.70 Å². The van der Waals surface area contributed by atoms with Crippen molar-refractivity contribution in [2.45, 2.75) is 91.4 Å². The van der Waals surface area contributed by atoms with Gasteiger partial charge in [-0.2, -0.15) is 0 Å². The van der Waals surface area contributed by atoms with E-state index in [2.05, 4.69) is 75.4 Å². The van der Waals surface area contributed by atoms with Gasteiger partial charge in [0, 0.05) is 39.3 Å². The fourth-order valence-electron chi connectivity index (χ4n) is 4.52. The Labute approximate surface area is 211 Å². The summed E-state index contributed by atoms with van der Waals surface area (Å²) in [5, 5.41) is 0. The van der Waals surface area contributed by atoms with E-state index in [1.165, 1.54) is 59.9 Å². The van der Waals surface area contributed by atoms with Crippen molar-refractivity contribution in [3.63, 3.8) is 0 Å². The van der Waals surface area contributed by atoms with Gasteiger partial charge in [0.15, 0.2) is 0 Å². The molecule has 0 aromatic heterocycles. The smallest absolute Gasteiger partial charge is 0.210 e. The van der Waals surface area contributed by atoms with Gasteiger partial charge in [-0.3, -0.25) is 0 Å². The maximum absolute atomic E-state index is 11.3. The Morgan fingerprint density at radius 3 is 1.91 bits per heavy atom. The fraction of sp³-hybridized carbons (Fsp3) is 0.467. The first-order valence-corrected chi connectivity index (χ1v) is 12.8. The van der Waals surface area contributed by atoms with Gasteiger partial charge in [0.25, 0.3) is 0 Å². The third-order valence-corrected chi connectivity index (χ3v) is 6.42. The maximum Gasteiger partial charge on any atom is 0.210 e. The zero-order chi connectivity index (χ0) is 22.8. The molecule has 2 aromatic carbocycles. The molecule has 180 valence electrons. The molecule has 0 fully saturated rings. The standard InChI is InChI=1S/C30H40N2.Ni/c1-4-7-10-11-15-25-16-12-19-26(21-25)29-23-28(18-9-6-3)30(32(29)31)27-20-13-17-24(22-27)14-8-5-2;/h12-13,16-17,19-23H,4-11,14-15,18H2,1-3H3;. The molecule has 2 nitrogen and oxygen atoms in total. The Balaban J connectivity index is 0.00000385. The van der Waals surface area contributed by atoms with E-state index in [0.717, 1.165) is 54.6 Å². The molecule has 2 aromatic rings. The minimum absolute atomic E-state index is 0. The minimum atomic E-state index is 0. The van der Waals surface area contributed by atoms with Crippen LogP contribution in [0, 0.1) is 0 Å². The average molecular weight is 487 g/mol. The van der Waals surface area contributed by atoms with Gasteiger partial charge in [0.2, 0.25) is 11.4 Å². The van der Waals surface area contributed by atoms with Crippen LogP contribution in [-0.4, -0.2) is 4.70 Å². The van der Waals surface area contributed by atoms with Crippen LogP contribution in [0.5, 0.6) is 0 Å². The van der Waals surface area contributed by atoms with Crippen molar-refractivity contribution in [2.75, 3.05) is 0 Å². The van der Waals surface area contributed by atoms with Crippen LogP contribution in [0.25, 0.3) is 16.9 Å². The van der Waals surface area contributed by atoms with Gasteiger partial charge in [0.1, 0.15) is 0 Å². The number of hydrogen-bond acceptors (Lipinski definition) is 0. The summed E-state index contributed by atoms with van der Waals surface area (Å²) in [4.78, 5) is 0. The third kappa shape index (κ3) is 7.51. The molecular weight excluding hydrogens is 447 g/mol. The Hall–Kier alpha value is -1.99. The van der Waals surface area contributed by atoms with Crippen molar-refractivity contribution in [1.29, 1.82) is 0 Å². The van der Waals surface area contributed by atoms with Crippen molar-refractivity contribution in [1.82, 2.24) is 0 Å². The second kappa shape index (κ2) is 14.3. The third-order valence-electron chi connectivity index (χ3n) is 6.42.